The lowest BCUT2D eigenvalue weighted by Crippen LogP contribution is -2.04. The molecule has 116 valence electrons. The number of rotatable bonds is 3. The molecule has 0 aliphatic carbocycles. The minimum Gasteiger partial charge on any atom is -0.480 e. The first kappa shape index (κ1) is 15.1. The fourth-order valence-corrected chi connectivity index (χ4v) is 2.48. The summed E-state index contributed by atoms with van der Waals surface area (Å²) < 4.78 is 5.14. The Bertz CT molecular complexity index is 980. The third kappa shape index (κ3) is 2.40. The molecule has 3 rings (SSSR count). The highest BCUT2D eigenvalue weighted by Crippen LogP contribution is 2.36. The Kier molecular flexibility index (Phi) is 3.84. The van der Waals surface area contributed by atoms with Crippen molar-refractivity contribution in [3.8, 4) is 40.5 Å². The van der Waals surface area contributed by atoms with Crippen LogP contribution in [0.3, 0.4) is 0 Å². The summed E-state index contributed by atoms with van der Waals surface area (Å²) in [6.07, 6.45) is 3.37. The van der Waals surface area contributed by atoms with Crippen molar-refractivity contribution in [3.63, 3.8) is 0 Å². The molecule has 0 saturated carbocycles. The first-order valence-corrected chi connectivity index (χ1v) is 6.97. The van der Waals surface area contributed by atoms with Gasteiger partial charge in [-0.2, -0.15) is 15.5 Å². The second kappa shape index (κ2) is 6.11. The fraction of sp³-hybridized carbons (Fsp3) is 0.0588. The van der Waals surface area contributed by atoms with E-state index in [4.69, 9.17) is 10.5 Å². The van der Waals surface area contributed by atoms with Crippen LogP contribution in [-0.2, 0) is 0 Å². The number of nitriles is 2. The van der Waals surface area contributed by atoms with Gasteiger partial charge in [0.1, 0.15) is 34.9 Å². The van der Waals surface area contributed by atoms with Gasteiger partial charge >= 0.3 is 0 Å². The quantitative estimate of drug-likeness (QED) is 0.764. The Hall–Kier alpha value is -3.84. The molecule has 2 aromatic heterocycles. The largest absolute Gasteiger partial charge is 0.480 e. The van der Waals surface area contributed by atoms with Gasteiger partial charge in [0.2, 0.25) is 5.88 Å². The van der Waals surface area contributed by atoms with Crippen molar-refractivity contribution < 1.29 is 4.74 Å². The highest BCUT2D eigenvalue weighted by atomic mass is 16.5. The highest BCUT2D eigenvalue weighted by Gasteiger charge is 2.21. The van der Waals surface area contributed by atoms with Gasteiger partial charge in [-0.15, -0.1) is 0 Å². The molecule has 0 saturated heterocycles. The predicted molar refractivity (Wildman–Crippen MR) is 87.6 cm³/mol. The minimum atomic E-state index is 0.0201. The maximum absolute atomic E-state index is 9.52. The van der Waals surface area contributed by atoms with Gasteiger partial charge in [0.05, 0.1) is 7.11 Å². The zero-order valence-electron chi connectivity index (χ0n) is 12.7. The number of methoxy groups -OCH3 is 1. The molecule has 2 heterocycles. The number of pyridine rings is 1. The van der Waals surface area contributed by atoms with Crippen LogP contribution in [0.25, 0.3) is 22.5 Å². The summed E-state index contributed by atoms with van der Waals surface area (Å²) in [6, 6.07) is 11.4. The number of hydrogen-bond donors (Lipinski definition) is 2. The second-order valence-corrected chi connectivity index (χ2v) is 4.87. The second-order valence-electron chi connectivity index (χ2n) is 4.87. The van der Waals surface area contributed by atoms with Crippen molar-refractivity contribution in [1.29, 1.82) is 10.5 Å². The van der Waals surface area contributed by atoms with Gasteiger partial charge in [-0.25, -0.2) is 4.98 Å². The molecule has 0 atom stereocenters. The summed E-state index contributed by atoms with van der Waals surface area (Å²) in [5.41, 5.74) is 8.05. The van der Waals surface area contributed by atoms with E-state index < -0.39 is 0 Å². The lowest BCUT2D eigenvalue weighted by Gasteiger charge is -2.12. The number of ether oxygens (including phenoxy) is 1. The molecule has 0 aliphatic rings. The van der Waals surface area contributed by atoms with E-state index >= 15 is 0 Å². The van der Waals surface area contributed by atoms with Crippen LogP contribution < -0.4 is 10.5 Å². The zero-order chi connectivity index (χ0) is 17.1. The zero-order valence-corrected chi connectivity index (χ0v) is 12.7. The smallest absolute Gasteiger partial charge is 0.234 e. The lowest BCUT2D eigenvalue weighted by atomic mass is 9.95. The Morgan fingerprint density at radius 1 is 1.17 bits per heavy atom. The van der Waals surface area contributed by atoms with Crippen LogP contribution in [0.2, 0.25) is 0 Å². The molecule has 0 aliphatic heterocycles. The number of anilines is 1. The number of benzene rings is 1. The molecule has 3 aromatic rings. The molecule has 7 nitrogen and oxygen atoms in total. The summed E-state index contributed by atoms with van der Waals surface area (Å²) in [5, 5.41) is 19.0. The van der Waals surface area contributed by atoms with Crippen LogP contribution in [0.15, 0.2) is 36.7 Å². The SMILES string of the molecule is COc1nc(N)c(C#N)c(-c2cccc(-c3ncc[nH]3)c2)c1C#N. The molecule has 3 N–H and O–H groups in total. The number of nitrogens with zero attached hydrogens (tertiary/aromatic N) is 4. The van der Waals surface area contributed by atoms with Gasteiger partial charge in [0.15, 0.2) is 0 Å². The maximum Gasteiger partial charge on any atom is 0.234 e. The van der Waals surface area contributed by atoms with E-state index in [9.17, 15) is 10.5 Å². The van der Waals surface area contributed by atoms with Crippen LogP contribution in [0.4, 0.5) is 5.82 Å². The van der Waals surface area contributed by atoms with Gasteiger partial charge in [-0.05, 0) is 11.6 Å². The third-order valence-corrected chi connectivity index (χ3v) is 3.53. The molecule has 0 radical (unpaired) electrons. The number of aromatic nitrogens is 3. The molecule has 24 heavy (non-hydrogen) atoms. The summed E-state index contributed by atoms with van der Waals surface area (Å²) in [4.78, 5) is 11.2. The third-order valence-electron chi connectivity index (χ3n) is 3.53. The Morgan fingerprint density at radius 2 is 1.92 bits per heavy atom. The minimum absolute atomic E-state index is 0.0201. The number of nitrogens with two attached hydrogens (primary N) is 1. The van der Waals surface area contributed by atoms with E-state index in [-0.39, 0.29) is 22.8 Å². The van der Waals surface area contributed by atoms with Crippen molar-refractivity contribution in [2.45, 2.75) is 0 Å². The summed E-state index contributed by atoms with van der Waals surface area (Å²) >= 11 is 0. The number of hydrogen-bond acceptors (Lipinski definition) is 6. The standard InChI is InChI=1S/C17H12N6O/c1-24-17-13(9-19)14(12(8-18)15(20)23-17)10-3-2-4-11(7-10)16-21-5-6-22-16/h2-7H,1H3,(H2,20,23)(H,21,22). The molecule has 0 unspecified atom stereocenters. The van der Waals surface area contributed by atoms with Crippen LogP contribution in [0, 0.1) is 22.7 Å². The predicted octanol–water partition coefficient (Wildman–Crippen LogP) is 2.47. The van der Waals surface area contributed by atoms with Crippen LogP contribution in [0.1, 0.15) is 11.1 Å². The van der Waals surface area contributed by atoms with Gasteiger partial charge in [-0.1, -0.05) is 18.2 Å². The average Bonchev–Trinajstić information content (AvgIpc) is 3.15. The number of imidazole rings is 1. The van der Waals surface area contributed by atoms with Crippen molar-refractivity contribution >= 4 is 5.82 Å². The average molecular weight is 316 g/mol. The van der Waals surface area contributed by atoms with Gasteiger partial charge < -0.3 is 15.5 Å². The van der Waals surface area contributed by atoms with Crippen LogP contribution in [-0.4, -0.2) is 22.1 Å². The van der Waals surface area contributed by atoms with E-state index in [0.717, 1.165) is 5.56 Å². The summed E-state index contributed by atoms with van der Waals surface area (Å²) in [5.74, 6) is 0.794. The van der Waals surface area contributed by atoms with Gasteiger partial charge in [0.25, 0.3) is 0 Å². The van der Waals surface area contributed by atoms with E-state index in [0.29, 0.717) is 17.0 Å². The summed E-state index contributed by atoms with van der Waals surface area (Å²) in [7, 11) is 1.40. The Labute approximate surface area is 138 Å². The molecule has 0 amide bonds. The topological polar surface area (TPSA) is 124 Å². The maximum atomic E-state index is 9.52. The van der Waals surface area contributed by atoms with Crippen molar-refractivity contribution in [1.82, 2.24) is 15.0 Å². The monoisotopic (exact) mass is 316 g/mol. The van der Waals surface area contributed by atoms with Crippen molar-refractivity contribution in [3.05, 3.63) is 47.8 Å². The normalized spacial score (nSPS) is 9.96. The van der Waals surface area contributed by atoms with Gasteiger partial charge in [0, 0.05) is 23.5 Å². The van der Waals surface area contributed by atoms with Crippen LogP contribution >= 0.6 is 0 Å². The molecule has 0 fully saturated rings. The molecular formula is C17H12N6O. The van der Waals surface area contributed by atoms with E-state index in [1.165, 1.54) is 7.11 Å². The number of nitrogen functional groups attached to an aromatic ring is 1. The van der Waals surface area contributed by atoms with Crippen LogP contribution in [0.5, 0.6) is 5.88 Å². The molecule has 0 bridgehead atoms. The number of nitrogens with one attached hydrogen (secondary N) is 1. The Balaban J connectivity index is 2.30. The molecule has 7 heteroatoms. The summed E-state index contributed by atoms with van der Waals surface area (Å²) in [6.45, 7) is 0. The Morgan fingerprint density at radius 3 is 2.54 bits per heavy atom. The first-order chi connectivity index (χ1) is 11.7. The molecular weight excluding hydrogens is 304 g/mol. The van der Waals surface area contributed by atoms with E-state index in [2.05, 4.69) is 21.0 Å². The molecule has 0 spiro atoms. The first-order valence-electron chi connectivity index (χ1n) is 6.97. The fourth-order valence-electron chi connectivity index (χ4n) is 2.48. The van der Waals surface area contributed by atoms with E-state index in [1.807, 2.05) is 24.3 Å². The van der Waals surface area contributed by atoms with Crippen molar-refractivity contribution in [2.24, 2.45) is 0 Å². The number of H-pyrrole nitrogens is 1. The lowest BCUT2D eigenvalue weighted by molar-refractivity contribution is 0.397. The van der Waals surface area contributed by atoms with Crippen molar-refractivity contribution in [2.75, 3.05) is 12.8 Å². The number of aromatic amines is 1. The molecule has 1 aromatic carbocycles. The van der Waals surface area contributed by atoms with Gasteiger partial charge in [-0.3, -0.25) is 0 Å². The highest BCUT2D eigenvalue weighted by molar-refractivity contribution is 5.84. The van der Waals surface area contributed by atoms with E-state index in [1.54, 1.807) is 18.5 Å².